The smallest absolute Gasteiger partial charge is 0.538 e. The van der Waals surface area contributed by atoms with Crippen molar-refractivity contribution in [2.24, 2.45) is 5.16 Å². The fraction of sp³-hybridized carbons (Fsp3) is 0.217. The summed E-state index contributed by atoms with van der Waals surface area (Å²) in [5.74, 6) is -0.427. The molecule has 0 saturated carbocycles. The van der Waals surface area contributed by atoms with Crippen molar-refractivity contribution < 1.29 is 28.7 Å². The molecule has 0 bridgehead atoms. The van der Waals surface area contributed by atoms with Crippen LogP contribution >= 0.6 is 15.9 Å². The number of nitrogens with zero attached hydrogens (tertiary/aromatic N) is 3. The van der Waals surface area contributed by atoms with Crippen LogP contribution in [0.2, 0.25) is 0 Å². The van der Waals surface area contributed by atoms with Gasteiger partial charge in [0, 0.05) is 23.9 Å². The zero-order chi connectivity index (χ0) is 24.1. The Balaban J connectivity index is 1.33. The van der Waals surface area contributed by atoms with Crippen LogP contribution in [0, 0.1) is 5.82 Å². The first-order valence-corrected chi connectivity index (χ1v) is 11.4. The molecule has 0 saturated heterocycles. The Hall–Kier alpha value is -3.31. The van der Waals surface area contributed by atoms with Gasteiger partial charge in [-0.15, -0.1) is 0 Å². The highest BCUT2D eigenvalue weighted by Crippen LogP contribution is 2.20. The second-order valence-electron chi connectivity index (χ2n) is 7.80. The first kappa shape index (κ1) is 23.8. The van der Waals surface area contributed by atoms with Gasteiger partial charge in [-0.3, -0.25) is 4.79 Å². The molecular formula is C23H20BBrFN3O5. The van der Waals surface area contributed by atoms with E-state index < -0.39 is 7.12 Å². The third kappa shape index (κ3) is 5.42. The van der Waals surface area contributed by atoms with Crippen LogP contribution in [0.3, 0.4) is 0 Å². The molecule has 34 heavy (non-hydrogen) atoms. The number of hydrogen-bond acceptors (Lipinski definition) is 8. The maximum Gasteiger partial charge on any atom is 0.560 e. The number of aryl methyl sites for hydroxylation is 1. The monoisotopic (exact) mass is 527 g/mol. The Kier molecular flexibility index (Phi) is 7.54. The standard InChI is InChI=1S/C23H20BBrFN3O5/c25-18-11-14(5-8-19(18)26)12-21(27-32)23-20(28-34-29-23)3-1-2-4-22(30)16-7-6-15-9-10-33-24(31)17(15)13-16/h5-11,13,31-32H,1-4,12H2. The Labute approximate surface area is 203 Å². The molecule has 8 nitrogen and oxygen atoms in total. The minimum Gasteiger partial charge on any atom is -0.538 e. The third-order valence-electron chi connectivity index (χ3n) is 5.50. The van der Waals surface area contributed by atoms with Crippen molar-refractivity contribution in [2.75, 3.05) is 0 Å². The van der Waals surface area contributed by atoms with Gasteiger partial charge in [0.05, 0.1) is 10.7 Å². The predicted octanol–water partition coefficient (Wildman–Crippen LogP) is 3.68. The summed E-state index contributed by atoms with van der Waals surface area (Å²) >= 11 is 3.14. The molecule has 0 aliphatic carbocycles. The van der Waals surface area contributed by atoms with E-state index in [-0.39, 0.29) is 23.7 Å². The number of halogens is 2. The van der Waals surface area contributed by atoms with Gasteiger partial charge < -0.3 is 14.9 Å². The van der Waals surface area contributed by atoms with E-state index >= 15 is 0 Å². The topological polar surface area (TPSA) is 118 Å². The Bertz CT molecular complexity index is 1260. The van der Waals surface area contributed by atoms with Gasteiger partial charge in [0.2, 0.25) is 0 Å². The molecule has 1 aliphatic rings. The minimum absolute atomic E-state index is 0.0393. The molecule has 0 spiro atoms. The number of oxime groups is 1. The summed E-state index contributed by atoms with van der Waals surface area (Å²) < 4.78 is 23.7. The van der Waals surface area contributed by atoms with E-state index in [1.54, 1.807) is 36.4 Å². The highest BCUT2D eigenvalue weighted by atomic mass is 79.9. The molecular weight excluding hydrogens is 508 g/mol. The Morgan fingerprint density at radius 3 is 2.82 bits per heavy atom. The molecule has 1 aromatic heterocycles. The zero-order valence-electron chi connectivity index (χ0n) is 17.9. The molecule has 4 rings (SSSR count). The molecule has 0 fully saturated rings. The average Bonchev–Trinajstić information content (AvgIpc) is 3.30. The van der Waals surface area contributed by atoms with Crippen molar-refractivity contribution >= 4 is 46.1 Å². The predicted molar refractivity (Wildman–Crippen MR) is 126 cm³/mol. The van der Waals surface area contributed by atoms with Crippen LogP contribution in [0.15, 0.2) is 56.9 Å². The molecule has 3 aromatic rings. The number of Topliss-reactive ketones (excluding diaryl/α,β-unsaturated/α-hetero) is 1. The highest BCUT2D eigenvalue weighted by molar-refractivity contribution is 9.10. The molecule has 0 unspecified atom stereocenters. The zero-order valence-corrected chi connectivity index (χ0v) is 19.5. The number of carbonyl (C=O) groups excluding carboxylic acids is 1. The van der Waals surface area contributed by atoms with Crippen LogP contribution in [-0.2, 0) is 17.5 Å². The van der Waals surface area contributed by atoms with Crippen LogP contribution in [0.4, 0.5) is 4.39 Å². The lowest BCUT2D eigenvalue weighted by Crippen LogP contribution is -2.36. The van der Waals surface area contributed by atoms with Crippen LogP contribution in [0.25, 0.3) is 6.08 Å². The first-order valence-electron chi connectivity index (χ1n) is 10.6. The molecule has 2 heterocycles. The summed E-state index contributed by atoms with van der Waals surface area (Å²) in [7, 11) is -1.08. The van der Waals surface area contributed by atoms with Gasteiger partial charge in [-0.05, 0) is 75.8 Å². The van der Waals surface area contributed by atoms with Gasteiger partial charge in [0.25, 0.3) is 0 Å². The number of rotatable bonds is 9. The van der Waals surface area contributed by atoms with E-state index in [9.17, 15) is 19.4 Å². The number of ketones is 1. The highest BCUT2D eigenvalue weighted by Gasteiger charge is 2.24. The van der Waals surface area contributed by atoms with Crippen LogP contribution in [-0.4, -0.2) is 39.2 Å². The number of fused-ring (bicyclic) bond motifs is 1. The molecule has 2 N–H and O–H groups in total. The van der Waals surface area contributed by atoms with E-state index in [2.05, 4.69) is 31.4 Å². The molecule has 11 heteroatoms. The van der Waals surface area contributed by atoms with Gasteiger partial charge in [-0.2, -0.15) is 0 Å². The third-order valence-corrected chi connectivity index (χ3v) is 6.11. The summed E-state index contributed by atoms with van der Waals surface area (Å²) in [4.78, 5) is 12.6. The van der Waals surface area contributed by atoms with Gasteiger partial charge in [-0.25, -0.2) is 9.02 Å². The molecule has 0 atom stereocenters. The van der Waals surface area contributed by atoms with E-state index in [0.717, 1.165) is 11.1 Å². The average molecular weight is 528 g/mol. The summed E-state index contributed by atoms with van der Waals surface area (Å²) in [6, 6.07) is 9.69. The van der Waals surface area contributed by atoms with Gasteiger partial charge in [0.1, 0.15) is 17.2 Å². The van der Waals surface area contributed by atoms with Crippen molar-refractivity contribution in [1.82, 2.24) is 10.3 Å². The summed E-state index contributed by atoms with van der Waals surface area (Å²) in [6.07, 6.45) is 5.38. The van der Waals surface area contributed by atoms with Crippen LogP contribution in [0.5, 0.6) is 0 Å². The molecule has 2 aromatic carbocycles. The van der Waals surface area contributed by atoms with Crippen molar-refractivity contribution in [3.8, 4) is 0 Å². The quantitative estimate of drug-likeness (QED) is 0.109. The molecule has 0 amide bonds. The number of benzene rings is 2. The summed E-state index contributed by atoms with van der Waals surface area (Å²) in [6.45, 7) is 0. The minimum atomic E-state index is -1.08. The van der Waals surface area contributed by atoms with Crippen LogP contribution < -0.4 is 5.46 Å². The van der Waals surface area contributed by atoms with Gasteiger partial charge in [0.15, 0.2) is 11.5 Å². The lowest BCUT2D eigenvalue weighted by atomic mass is 9.74. The Morgan fingerprint density at radius 2 is 2.03 bits per heavy atom. The van der Waals surface area contributed by atoms with Gasteiger partial charge in [-0.1, -0.05) is 28.5 Å². The fourth-order valence-electron chi connectivity index (χ4n) is 3.70. The molecule has 1 aliphatic heterocycles. The Morgan fingerprint density at radius 1 is 1.18 bits per heavy atom. The second-order valence-corrected chi connectivity index (χ2v) is 8.65. The number of carbonyl (C=O) groups is 1. The lowest BCUT2D eigenvalue weighted by molar-refractivity contribution is 0.0979. The second kappa shape index (κ2) is 10.7. The first-order chi connectivity index (χ1) is 16.5. The van der Waals surface area contributed by atoms with E-state index in [1.807, 2.05) is 0 Å². The van der Waals surface area contributed by atoms with Crippen molar-refractivity contribution in [3.05, 3.63) is 81.0 Å². The van der Waals surface area contributed by atoms with E-state index in [4.69, 9.17) is 9.28 Å². The van der Waals surface area contributed by atoms with Gasteiger partial charge >= 0.3 is 7.12 Å². The van der Waals surface area contributed by atoms with Crippen molar-refractivity contribution in [2.45, 2.75) is 32.1 Å². The largest absolute Gasteiger partial charge is 0.560 e. The fourth-order valence-corrected chi connectivity index (χ4v) is 4.12. The molecule has 174 valence electrons. The molecule has 0 radical (unpaired) electrons. The number of unbranched alkanes of at least 4 members (excludes halogenated alkanes) is 1. The van der Waals surface area contributed by atoms with E-state index in [1.165, 1.54) is 12.3 Å². The maximum absolute atomic E-state index is 13.5. The van der Waals surface area contributed by atoms with E-state index in [0.29, 0.717) is 52.6 Å². The summed E-state index contributed by atoms with van der Waals surface area (Å²) in [5.41, 5.74) is 3.70. The van der Waals surface area contributed by atoms with Crippen molar-refractivity contribution in [1.29, 1.82) is 0 Å². The normalized spacial score (nSPS) is 13.0. The SMILES string of the molecule is O=C(CCCCc1nonc1C(Cc1ccc(F)c(Br)c1)=NO)c1ccc2c(c1)B(O)OC=C2. The number of hydrogen-bond donors (Lipinski definition) is 2. The summed E-state index contributed by atoms with van der Waals surface area (Å²) in [5, 5.41) is 30.5. The number of aromatic nitrogens is 2. The lowest BCUT2D eigenvalue weighted by Gasteiger charge is -2.15. The maximum atomic E-state index is 13.5. The van der Waals surface area contributed by atoms with Crippen LogP contribution in [0.1, 0.15) is 52.1 Å². The van der Waals surface area contributed by atoms with Crippen molar-refractivity contribution in [3.63, 3.8) is 0 Å².